The fraction of sp³-hybridized carbons (Fsp3) is 0.304. The van der Waals surface area contributed by atoms with Gasteiger partial charge in [0.2, 0.25) is 11.9 Å². The zero-order chi connectivity index (χ0) is 23.6. The maximum atomic E-state index is 13.2. The maximum absolute atomic E-state index is 13.2. The number of alkyl halides is 3. The van der Waals surface area contributed by atoms with Crippen LogP contribution in [0.2, 0.25) is 0 Å². The second-order valence-corrected chi connectivity index (χ2v) is 7.75. The first-order valence-electron chi connectivity index (χ1n) is 10.4. The molecule has 1 aromatic heterocycles. The number of carbonyl (C=O) groups is 1. The number of fused-ring (bicyclic) bond motifs is 1. The zero-order valence-electron chi connectivity index (χ0n) is 18.2. The normalized spacial score (nSPS) is 13.4. The molecule has 0 saturated heterocycles. The second-order valence-electron chi connectivity index (χ2n) is 7.75. The molecule has 3 aromatic rings. The summed E-state index contributed by atoms with van der Waals surface area (Å²) < 4.78 is 39.5. The summed E-state index contributed by atoms with van der Waals surface area (Å²) in [6.07, 6.45) is -3.78. The molecule has 1 amide bonds. The number of aromatic nitrogens is 3. The molecule has 1 aliphatic rings. The average molecular weight is 456 g/mol. The quantitative estimate of drug-likeness (QED) is 0.609. The predicted octanol–water partition coefficient (Wildman–Crippen LogP) is 3.73. The molecule has 2 aromatic carbocycles. The number of hydrogen-bond acceptors (Lipinski definition) is 6. The number of amides is 1. The van der Waals surface area contributed by atoms with Crippen LogP contribution in [-0.2, 0) is 25.7 Å². The monoisotopic (exact) mass is 456 g/mol. The number of anilines is 2. The van der Waals surface area contributed by atoms with E-state index in [1.165, 1.54) is 18.2 Å². The van der Waals surface area contributed by atoms with Crippen molar-refractivity contribution in [2.75, 3.05) is 23.8 Å². The molecule has 0 fully saturated rings. The van der Waals surface area contributed by atoms with E-state index in [0.717, 1.165) is 17.2 Å². The Morgan fingerprint density at radius 1 is 1.09 bits per heavy atom. The summed E-state index contributed by atoms with van der Waals surface area (Å²) >= 11 is 0. The highest BCUT2D eigenvalue weighted by Crippen LogP contribution is 2.32. The van der Waals surface area contributed by atoms with Crippen molar-refractivity contribution < 1.29 is 18.0 Å². The molecule has 2 N–H and O–H groups in total. The summed E-state index contributed by atoms with van der Waals surface area (Å²) in [5, 5.41) is 5.53. The van der Waals surface area contributed by atoms with Crippen LogP contribution in [-0.4, -0.2) is 34.5 Å². The van der Waals surface area contributed by atoms with E-state index < -0.39 is 17.6 Å². The van der Waals surface area contributed by atoms with E-state index in [2.05, 4.69) is 25.6 Å². The molecule has 0 atom stereocenters. The Hall–Kier alpha value is -3.69. The lowest BCUT2D eigenvalue weighted by molar-refractivity contribution is -0.138. The molecule has 7 nitrogen and oxygen atoms in total. The van der Waals surface area contributed by atoms with Gasteiger partial charge in [0, 0.05) is 32.2 Å². The van der Waals surface area contributed by atoms with Gasteiger partial charge < -0.3 is 15.5 Å². The van der Waals surface area contributed by atoms with Gasteiger partial charge in [0.15, 0.2) is 0 Å². The number of benzene rings is 2. The smallest absolute Gasteiger partial charge is 0.357 e. The van der Waals surface area contributed by atoms with Crippen LogP contribution in [0.25, 0.3) is 0 Å². The van der Waals surface area contributed by atoms with Crippen LogP contribution in [0, 0.1) is 6.92 Å². The van der Waals surface area contributed by atoms with Crippen molar-refractivity contribution in [1.82, 2.24) is 20.3 Å². The molecule has 0 radical (unpaired) electrons. The van der Waals surface area contributed by atoms with Gasteiger partial charge >= 0.3 is 6.18 Å². The third-order valence-electron chi connectivity index (χ3n) is 5.48. The fourth-order valence-electron chi connectivity index (χ4n) is 3.81. The molecule has 10 heteroatoms. The average Bonchev–Trinajstić information content (AvgIpc) is 2.81. The van der Waals surface area contributed by atoms with Crippen molar-refractivity contribution >= 4 is 17.8 Å². The summed E-state index contributed by atoms with van der Waals surface area (Å²) in [6.45, 7) is 2.86. The number of hydrogen-bond donors (Lipinski definition) is 2. The lowest BCUT2D eigenvalue weighted by atomic mass is 9.97. The van der Waals surface area contributed by atoms with Crippen LogP contribution in [0.3, 0.4) is 0 Å². The molecule has 2 heterocycles. The van der Waals surface area contributed by atoms with Crippen molar-refractivity contribution in [3.63, 3.8) is 0 Å². The van der Waals surface area contributed by atoms with Crippen molar-refractivity contribution in [1.29, 1.82) is 0 Å². The highest BCUT2D eigenvalue weighted by molar-refractivity contribution is 5.94. The lowest BCUT2D eigenvalue weighted by Crippen LogP contribution is -2.32. The minimum absolute atomic E-state index is 0.0283. The van der Waals surface area contributed by atoms with E-state index >= 15 is 0 Å². The first-order valence-corrected chi connectivity index (χ1v) is 10.4. The SMILES string of the molecule is CNc1nc(C)nc(N2CCc3cc(C(=O)NCc4ccccc4C(F)(F)F)ccc3C2)n1. The number of aryl methyl sites for hydroxylation is 1. The van der Waals surface area contributed by atoms with Gasteiger partial charge in [-0.2, -0.15) is 28.1 Å². The fourth-order valence-corrected chi connectivity index (χ4v) is 3.81. The van der Waals surface area contributed by atoms with Crippen molar-refractivity contribution in [2.45, 2.75) is 32.6 Å². The molecule has 172 valence electrons. The van der Waals surface area contributed by atoms with Crippen molar-refractivity contribution in [3.05, 3.63) is 76.1 Å². The van der Waals surface area contributed by atoms with E-state index in [0.29, 0.717) is 42.8 Å². The number of nitrogens with one attached hydrogen (secondary N) is 2. The molecule has 0 aliphatic carbocycles. The van der Waals surface area contributed by atoms with Gasteiger partial charge in [-0.3, -0.25) is 4.79 Å². The molecule has 0 spiro atoms. The second kappa shape index (κ2) is 9.05. The van der Waals surface area contributed by atoms with Gasteiger partial charge in [0.25, 0.3) is 5.91 Å². The molecular weight excluding hydrogens is 433 g/mol. The topological polar surface area (TPSA) is 83.0 Å². The zero-order valence-corrected chi connectivity index (χ0v) is 18.2. The Bertz CT molecular complexity index is 1180. The molecule has 1 aliphatic heterocycles. The van der Waals surface area contributed by atoms with Gasteiger partial charge in [0.1, 0.15) is 5.82 Å². The van der Waals surface area contributed by atoms with Gasteiger partial charge in [-0.05, 0) is 48.2 Å². The van der Waals surface area contributed by atoms with Crippen LogP contribution in [0.4, 0.5) is 25.1 Å². The Morgan fingerprint density at radius 2 is 1.88 bits per heavy atom. The summed E-state index contributed by atoms with van der Waals surface area (Å²) in [7, 11) is 1.75. The summed E-state index contributed by atoms with van der Waals surface area (Å²) in [5.41, 5.74) is 1.77. The van der Waals surface area contributed by atoms with Crippen LogP contribution in [0.15, 0.2) is 42.5 Å². The van der Waals surface area contributed by atoms with Gasteiger partial charge in [-0.15, -0.1) is 0 Å². The van der Waals surface area contributed by atoms with E-state index in [1.54, 1.807) is 19.2 Å². The Balaban J connectivity index is 1.46. The van der Waals surface area contributed by atoms with Gasteiger partial charge in [-0.25, -0.2) is 0 Å². The van der Waals surface area contributed by atoms with Gasteiger partial charge in [0.05, 0.1) is 5.56 Å². The molecule has 0 unspecified atom stereocenters. The molecule has 33 heavy (non-hydrogen) atoms. The summed E-state index contributed by atoms with van der Waals surface area (Å²) in [5.74, 6) is 1.29. The number of halogens is 3. The standard InChI is InChI=1S/C23H23F3N6O/c1-14-29-21(27-2)31-22(30-14)32-10-9-15-11-16(7-8-18(15)13-32)20(33)28-12-17-5-3-4-6-19(17)23(24,25)26/h3-8,11H,9-10,12-13H2,1-2H3,(H,28,33)(H,27,29,30,31). The molecule has 0 bridgehead atoms. The van der Waals surface area contributed by atoms with Gasteiger partial charge in [-0.1, -0.05) is 24.3 Å². The van der Waals surface area contributed by atoms with Crippen LogP contribution >= 0.6 is 0 Å². The van der Waals surface area contributed by atoms with Crippen molar-refractivity contribution in [2.24, 2.45) is 0 Å². The number of nitrogens with zero attached hydrogens (tertiary/aromatic N) is 4. The van der Waals surface area contributed by atoms with E-state index in [-0.39, 0.29) is 12.1 Å². The maximum Gasteiger partial charge on any atom is 0.416 e. The highest BCUT2D eigenvalue weighted by atomic mass is 19.4. The molecule has 4 rings (SSSR count). The number of rotatable bonds is 5. The third-order valence-corrected chi connectivity index (χ3v) is 5.48. The summed E-state index contributed by atoms with van der Waals surface area (Å²) in [4.78, 5) is 27.7. The van der Waals surface area contributed by atoms with E-state index in [9.17, 15) is 18.0 Å². The first kappa shape index (κ1) is 22.5. The van der Waals surface area contributed by atoms with E-state index in [4.69, 9.17) is 0 Å². The molecular formula is C23H23F3N6O. The predicted molar refractivity (Wildman–Crippen MR) is 118 cm³/mol. The van der Waals surface area contributed by atoms with Crippen molar-refractivity contribution in [3.8, 4) is 0 Å². The first-order chi connectivity index (χ1) is 15.7. The van der Waals surface area contributed by atoms with E-state index in [1.807, 2.05) is 17.9 Å². The Morgan fingerprint density at radius 3 is 2.64 bits per heavy atom. The minimum Gasteiger partial charge on any atom is -0.357 e. The Kier molecular flexibility index (Phi) is 6.17. The molecule has 0 saturated carbocycles. The third kappa shape index (κ3) is 5.05. The van der Waals surface area contributed by atoms with Crippen LogP contribution in [0.1, 0.15) is 38.4 Å². The lowest BCUT2D eigenvalue weighted by Gasteiger charge is -2.29. The largest absolute Gasteiger partial charge is 0.416 e. The number of carbonyl (C=O) groups excluding carboxylic acids is 1. The Labute approximate surface area is 189 Å². The highest BCUT2D eigenvalue weighted by Gasteiger charge is 2.32. The minimum atomic E-state index is -4.47. The van der Waals surface area contributed by atoms with Crippen LogP contribution in [0.5, 0.6) is 0 Å². The van der Waals surface area contributed by atoms with Crippen LogP contribution < -0.4 is 15.5 Å². The summed E-state index contributed by atoms with van der Waals surface area (Å²) in [6, 6.07) is 10.6.